The highest BCUT2D eigenvalue weighted by Crippen LogP contribution is 2.21. The Labute approximate surface area is 118 Å². The Morgan fingerprint density at radius 2 is 1.95 bits per heavy atom. The molecule has 2 rings (SSSR count). The Morgan fingerprint density at radius 3 is 2.68 bits per heavy atom. The van der Waals surface area contributed by atoms with Crippen LogP contribution in [0.1, 0.15) is 17.5 Å². The summed E-state index contributed by atoms with van der Waals surface area (Å²) in [4.78, 5) is 8.28. The second-order valence-corrected chi connectivity index (χ2v) is 4.58. The van der Waals surface area contributed by atoms with E-state index in [1.54, 1.807) is 0 Å². The highest BCUT2D eigenvalue weighted by atomic mass is 35.5. The van der Waals surface area contributed by atoms with E-state index in [2.05, 4.69) is 27.4 Å². The van der Waals surface area contributed by atoms with Gasteiger partial charge in [0.15, 0.2) is 0 Å². The minimum absolute atomic E-state index is 0.499. The third kappa shape index (κ3) is 3.91. The molecule has 0 unspecified atom stereocenters. The number of hydrogen-bond donors (Lipinski definition) is 2. The normalized spacial score (nSPS) is 10.4. The molecule has 0 amide bonds. The first-order valence-corrected chi connectivity index (χ1v) is 6.66. The molecular formula is C14H17ClN4. The van der Waals surface area contributed by atoms with E-state index < -0.39 is 0 Å². The number of rotatable bonds is 6. The Morgan fingerprint density at radius 1 is 1.16 bits per heavy atom. The summed E-state index contributed by atoms with van der Waals surface area (Å²) in [5.41, 5.74) is 7.67. The van der Waals surface area contributed by atoms with Gasteiger partial charge in [-0.3, -0.25) is 0 Å². The lowest BCUT2D eigenvalue weighted by Gasteiger charge is -2.11. The lowest BCUT2D eigenvalue weighted by atomic mass is 10.1. The van der Waals surface area contributed by atoms with Crippen molar-refractivity contribution in [2.24, 2.45) is 5.73 Å². The van der Waals surface area contributed by atoms with Gasteiger partial charge in [-0.25, -0.2) is 9.97 Å². The van der Waals surface area contributed by atoms with Crippen LogP contribution in [0.3, 0.4) is 0 Å². The summed E-state index contributed by atoms with van der Waals surface area (Å²) in [6.45, 7) is 1.34. The summed E-state index contributed by atoms with van der Waals surface area (Å²) in [7, 11) is 0. The summed E-state index contributed by atoms with van der Waals surface area (Å²) in [6.07, 6.45) is 3.13. The van der Waals surface area contributed by atoms with Crippen LogP contribution < -0.4 is 11.1 Å². The number of nitrogens with one attached hydrogen (secondary N) is 1. The zero-order chi connectivity index (χ0) is 13.5. The molecule has 3 N–H and O–H groups in total. The first-order chi connectivity index (χ1) is 9.31. The zero-order valence-corrected chi connectivity index (χ0v) is 11.4. The quantitative estimate of drug-likeness (QED) is 0.796. The molecule has 0 bridgehead atoms. The molecule has 4 nitrogen and oxygen atoms in total. The van der Waals surface area contributed by atoms with Gasteiger partial charge in [0.05, 0.1) is 0 Å². The van der Waals surface area contributed by atoms with E-state index in [4.69, 9.17) is 17.3 Å². The van der Waals surface area contributed by atoms with Gasteiger partial charge < -0.3 is 11.1 Å². The van der Waals surface area contributed by atoms with Crippen LogP contribution >= 0.6 is 11.6 Å². The summed E-state index contributed by atoms with van der Waals surface area (Å²) in [5, 5.41) is 3.80. The van der Waals surface area contributed by atoms with Crippen LogP contribution in [0.2, 0.25) is 5.15 Å². The fourth-order valence-electron chi connectivity index (χ4n) is 1.83. The standard InChI is InChI=1S/C14H17ClN4/c15-13-12(7-4-8-16)14(19-10-18-13)17-9-11-5-2-1-3-6-11/h1-3,5-6,10H,4,7-9,16H2,(H,17,18,19). The van der Waals surface area contributed by atoms with E-state index in [1.807, 2.05) is 18.2 Å². The van der Waals surface area contributed by atoms with Gasteiger partial charge in [-0.2, -0.15) is 0 Å². The number of anilines is 1. The van der Waals surface area contributed by atoms with Crippen LogP contribution in [0.5, 0.6) is 0 Å². The number of nitrogens with two attached hydrogens (primary N) is 1. The molecule has 5 heteroatoms. The average Bonchev–Trinajstić information content (AvgIpc) is 2.45. The van der Waals surface area contributed by atoms with Gasteiger partial charge >= 0.3 is 0 Å². The van der Waals surface area contributed by atoms with Gasteiger partial charge in [0, 0.05) is 12.1 Å². The molecule has 100 valence electrons. The molecule has 0 aliphatic carbocycles. The van der Waals surface area contributed by atoms with E-state index in [1.165, 1.54) is 11.9 Å². The second kappa shape index (κ2) is 7.07. The van der Waals surface area contributed by atoms with Crippen molar-refractivity contribution in [3.63, 3.8) is 0 Å². The molecule has 0 saturated carbocycles. The molecular weight excluding hydrogens is 260 g/mol. The van der Waals surface area contributed by atoms with Crippen molar-refractivity contribution < 1.29 is 0 Å². The smallest absolute Gasteiger partial charge is 0.137 e. The average molecular weight is 277 g/mol. The minimum Gasteiger partial charge on any atom is -0.366 e. The van der Waals surface area contributed by atoms with E-state index in [9.17, 15) is 0 Å². The molecule has 19 heavy (non-hydrogen) atoms. The highest BCUT2D eigenvalue weighted by Gasteiger charge is 2.09. The van der Waals surface area contributed by atoms with Gasteiger partial charge in [0.25, 0.3) is 0 Å². The SMILES string of the molecule is NCCCc1c(Cl)ncnc1NCc1ccccc1. The van der Waals surface area contributed by atoms with Crippen molar-refractivity contribution in [1.29, 1.82) is 0 Å². The van der Waals surface area contributed by atoms with E-state index >= 15 is 0 Å². The Kier molecular flexibility index (Phi) is 5.12. The lowest BCUT2D eigenvalue weighted by molar-refractivity contribution is 0.823. The van der Waals surface area contributed by atoms with Crippen LogP contribution in [0.4, 0.5) is 5.82 Å². The van der Waals surface area contributed by atoms with Gasteiger partial charge in [0.2, 0.25) is 0 Å². The van der Waals surface area contributed by atoms with Crippen molar-refractivity contribution in [3.05, 3.63) is 52.9 Å². The van der Waals surface area contributed by atoms with Crippen molar-refractivity contribution in [1.82, 2.24) is 9.97 Å². The summed E-state index contributed by atoms with van der Waals surface area (Å²) >= 11 is 6.11. The fraction of sp³-hybridized carbons (Fsp3) is 0.286. The Bertz CT molecular complexity index is 516. The molecule has 2 aromatic rings. The maximum Gasteiger partial charge on any atom is 0.137 e. The fourth-order valence-corrected chi connectivity index (χ4v) is 2.05. The predicted octanol–water partition coefficient (Wildman–Crippen LogP) is 2.63. The third-order valence-electron chi connectivity index (χ3n) is 2.83. The zero-order valence-electron chi connectivity index (χ0n) is 10.6. The van der Waals surface area contributed by atoms with Gasteiger partial charge in [-0.05, 0) is 24.9 Å². The molecule has 0 aliphatic heterocycles. The van der Waals surface area contributed by atoms with Crippen molar-refractivity contribution in [2.75, 3.05) is 11.9 Å². The predicted molar refractivity (Wildman–Crippen MR) is 78.2 cm³/mol. The largest absolute Gasteiger partial charge is 0.366 e. The molecule has 0 radical (unpaired) electrons. The van der Waals surface area contributed by atoms with Gasteiger partial charge in [-0.15, -0.1) is 0 Å². The molecule has 0 aliphatic rings. The first-order valence-electron chi connectivity index (χ1n) is 6.28. The van der Waals surface area contributed by atoms with Crippen LogP contribution in [-0.4, -0.2) is 16.5 Å². The van der Waals surface area contributed by atoms with Crippen LogP contribution in [0.15, 0.2) is 36.7 Å². The first kappa shape index (κ1) is 13.8. The minimum atomic E-state index is 0.499. The lowest BCUT2D eigenvalue weighted by Crippen LogP contribution is -2.08. The van der Waals surface area contributed by atoms with Gasteiger partial charge in [0.1, 0.15) is 17.3 Å². The van der Waals surface area contributed by atoms with Crippen molar-refractivity contribution in [3.8, 4) is 0 Å². The number of halogens is 1. The number of aromatic nitrogens is 2. The monoisotopic (exact) mass is 276 g/mol. The van der Waals surface area contributed by atoms with Crippen LogP contribution in [-0.2, 0) is 13.0 Å². The van der Waals surface area contributed by atoms with Crippen LogP contribution in [0.25, 0.3) is 0 Å². The Balaban J connectivity index is 2.09. The van der Waals surface area contributed by atoms with Crippen molar-refractivity contribution >= 4 is 17.4 Å². The molecule has 0 atom stereocenters. The Hall–Kier alpha value is -1.65. The maximum absolute atomic E-state index is 6.11. The van der Waals surface area contributed by atoms with E-state index in [0.29, 0.717) is 18.2 Å². The highest BCUT2D eigenvalue weighted by molar-refractivity contribution is 6.30. The molecule has 1 aromatic carbocycles. The molecule has 0 fully saturated rings. The number of nitrogens with zero attached hydrogens (tertiary/aromatic N) is 2. The molecule has 1 heterocycles. The third-order valence-corrected chi connectivity index (χ3v) is 3.15. The van der Waals surface area contributed by atoms with Crippen LogP contribution in [0, 0.1) is 0 Å². The summed E-state index contributed by atoms with van der Waals surface area (Å²) in [5.74, 6) is 0.789. The topological polar surface area (TPSA) is 63.8 Å². The van der Waals surface area contributed by atoms with Gasteiger partial charge in [-0.1, -0.05) is 41.9 Å². The summed E-state index contributed by atoms with van der Waals surface area (Å²) < 4.78 is 0. The van der Waals surface area contributed by atoms with E-state index in [0.717, 1.165) is 24.2 Å². The van der Waals surface area contributed by atoms with E-state index in [-0.39, 0.29) is 0 Å². The maximum atomic E-state index is 6.11. The molecule has 0 spiro atoms. The number of hydrogen-bond acceptors (Lipinski definition) is 4. The molecule has 0 saturated heterocycles. The van der Waals surface area contributed by atoms with Crippen molar-refractivity contribution in [2.45, 2.75) is 19.4 Å². The summed E-state index contributed by atoms with van der Waals surface area (Å²) in [6, 6.07) is 10.2. The molecule has 1 aromatic heterocycles. The number of benzene rings is 1. The second-order valence-electron chi connectivity index (χ2n) is 4.22.